The number of carbonyl (C=O) groups is 1. The maximum Gasteiger partial charge on any atom is 0.157 e. The fourth-order valence-electron chi connectivity index (χ4n) is 3.00. The molecule has 1 saturated carbocycles. The van der Waals surface area contributed by atoms with Crippen LogP contribution in [0.25, 0.3) is 0 Å². The average molecular weight is 269 g/mol. The van der Waals surface area contributed by atoms with Gasteiger partial charge in [0.15, 0.2) is 5.78 Å². The number of carbonyl (C=O) groups excluding carboxylic acids is 1. The fraction of sp³-hybridized carbons (Fsp3) is 0.556. The van der Waals surface area contributed by atoms with Crippen molar-refractivity contribution in [2.24, 2.45) is 5.92 Å². The third-order valence-corrected chi connectivity index (χ3v) is 4.36. The number of hydrogen-bond acceptors (Lipinski definition) is 2. The number of Topliss-reactive ketones (excluding diaryl/α,β-unsaturated/α-hetero) is 1. The lowest BCUT2D eigenvalue weighted by molar-refractivity contribution is -0.124. The van der Waals surface area contributed by atoms with Gasteiger partial charge in [0, 0.05) is 5.92 Å². The van der Waals surface area contributed by atoms with E-state index in [9.17, 15) is 10.1 Å². The second kappa shape index (κ2) is 6.70. The molecule has 0 bridgehead atoms. The summed E-state index contributed by atoms with van der Waals surface area (Å²) in [5.74, 6) is 0.112. The van der Waals surface area contributed by atoms with E-state index < -0.39 is 5.92 Å². The van der Waals surface area contributed by atoms with Crippen LogP contribution in [0.3, 0.4) is 0 Å². The average Bonchev–Trinajstić information content (AvgIpc) is 2.49. The lowest BCUT2D eigenvalue weighted by Gasteiger charge is -2.22. The lowest BCUT2D eigenvalue weighted by atomic mass is 9.80. The van der Waals surface area contributed by atoms with E-state index in [0.717, 1.165) is 31.2 Å². The first-order valence-electron chi connectivity index (χ1n) is 7.66. The van der Waals surface area contributed by atoms with Gasteiger partial charge >= 0.3 is 0 Å². The third-order valence-electron chi connectivity index (χ3n) is 4.36. The Labute approximate surface area is 121 Å². The van der Waals surface area contributed by atoms with Crippen LogP contribution in [0.1, 0.15) is 68.9 Å². The van der Waals surface area contributed by atoms with Crippen molar-refractivity contribution in [3.63, 3.8) is 0 Å². The lowest BCUT2D eigenvalue weighted by Crippen LogP contribution is -2.23. The number of benzene rings is 1. The van der Waals surface area contributed by atoms with Gasteiger partial charge in [0.25, 0.3) is 0 Å². The second-order valence-electron chi connectivity index (χ2n) is 6.12. The highest BCUT2D eigenvalue weighted by Gasteiger charge is 2.29. The first kappa shape index (κ1) is 14.8. The molecular weight excluding hydrogens is 246 g/mol. The van der Waals surface area contributed by atoms with Crippen molar-refractivity contribution in [3.05, 3.63) is 35.4 Å². The van der Waals surface area contributed by atoms with Crippen LogP contribution in [0.5, 0.6) is 0 Å². The molecule has 0 aromatic heterocycles. The Morgan fingerprint density at radius 3 is 2.15 bits per heavy atom. The third kappa shape index (κ3) is 3.28. The quantitative estimate of drug-likeness (QED) is 0.803. The van der Waals surface area contributed by atoms with Crippen LogP contribution in [0.4, 0.5) is 0 Å². The highest BCUT2D eigenvalue weighted by Crippen LogP contribution is 2.30. The molecule has 1 unspecified atom stereocenters. The smallest absolute Gasteiger partial charge is 0.157 e. The Hall–Kier alpha value is -1.62. The molecule has 0 spiro atoms. The maximum absolute atomic E-state index is 12.5. The molecule has 106 valence electrons. The largest absolute Gasteiger partial charge is 0.298 e. The molecule has 2 heteroatoms. The van der Waals surface area contributed by atoms with Crippen LogP contribution < -0.4 is 0 Å². The van der Waals surface area contributed by atoms with Crippen molar-refractivity contribution in [3.8, 4) is 6.07 Å². The van der Waals surface area contributed by atoms with Gasteiger partial charge in [-0.25, -0.2) is 0 Å². The van der Waals surface area contributed by atoms with Gasteiger partial charge in [-0.2, -0.15) is 5.26 Å². The summed E-state index contributed by atoms with van der Waals surface area (Å²) in [5, 5.41) is 9.39. The zero-order chi connectivity index (χ0) is 14.5. The van der Waals surface area contributed by atoms with Gasteiger partial charge < -0.3 is 0 Å². The van der Waals surface area contributed by atoms with Crippen LogP contribution in [0.2, 0.25) is 0 Å². The van der Waals surface area contributed by atoms with Crippen LogP contribution in [-0.2, 0) is 4.79 Å². The summed E-state index contributed by atoms with van der Waals surface area (Å²) < 4.78 is 0. The van der Waals surface area contributed by atoms with Crippen LogP contribution in [-0.4, -0.2) is 5.78 Å². The van der Waals surface area contributed by atoms with Crippen molar-refractivity contribution in [2.75, 3.05) is 0 Å². The van der Waals surface area contributed by atoms with Crippen LogP contribution in [0, 0.1) is 17.2 Å². The van der Waals surface area contributed by atoms with E-state index >= 15 is 0 Å². The van der Waals surface area contributed by atoms with Crippen molar-refractivity contribution in [2.45, 2.75) is 57.8 Å². The molecule has 20 heavy (non-hydrogen) atoms. The zero-order valence-electron chi connectivity index (χ0n) is 12.4. The molecule has 0 N–H and O–H groups in total. The molecule has 0 saturated heterocycles. The number of hydrogen-bond donors (Lipinski definition) is 0. The molecule has 1 aromatic rings. The van der Waals surface area contributed by atoms with Crippen molar-refractivity contribution < 1.29 is 4.79 Å². The Bertz CT molecular complexity index is 489. The molecule has 1 fully saturated rings. The highest BCUT2D eigenvalue weighted by molar-refractivity contribution is 5.90. The molecule has 0 heterocycles. The molecule has 1 atom stereocenters. The van der Waals surface area contributed by atoms with E-state index in [1.54, 1.807) is 0 Å². The van der Waals surface area contributed by atoms with Crippen molar-refractivity contribution in [1.29, 1.82) is 5.26 Å². The first-order chi connectivity index (χ1) is 9.63. The van der Waals surface area contributed by atoms with E-state index in [1.807, 2.05) is 24.3 Å². The SMILES string of the molecule is CC(C)c1ccc(C(C#N)C(=O)C2CCCCC2)cc1. The summed E-state index contributed by atoms with van der Waals surface area (Å²) in [6.45, 7) is 4.29. The summed E-state index contributed by atoms with van der Waals surface area (Å²) in [5.41, 5.74) is 2.10. The predicted molar refractivity (Wildman–Crippen MR) is 80.5 cm³/mol. The zero-order valence-corrected chi connectivity index (χ0v) is 12.4. The minimum Gasteiger partial charge on any atom is -0.298 e. The Kier molecular flexibility index (Phi) is 4.95. The normalized spacial score (nSPS) is 17.7. The van der Waals surface area contributed by atoms with E-state index in [2.05, 4.69) is 19.9 Å². The van der Waals surface area contributed by atoms with Gasteiger partial charge in [-0.05, 0) is 29.9 Å². The topological polar surface area (TPSA) is 40.9 Å². The number of nitrogens with zero attached hydrogens (tertiary/aromatic N) is 1. The standard InChI is InChI=1S/C18H23NO/c1-13(2)14-8-10-15(11-9-14)17(12-19)18(20)16-6-4-3-5-7-16/h8-11,13,16-17H,3-7H2,1-2H3. The minimum absolute atomic E-state index is 0.0955. The molecule has 0 radical (unpaired) electrons. The molecule has 1 aliphatic rings. The van der Waals surface area contributed by atoms with Gasteiger partial charge in [0.2, 0.25) is 0 Å². The number of rotatable bonds is 4. The number of ketones is 1. The first-order valence-corrected chi connectivity index (χ1v) is 7.66. The van der Waals surface area contributed by atoms with Crippen LogP contribution in [0.15, 0.2) is 24.3 Å². The van der Waals surface area contributed by atoms with E-state index in [1.165, 1.54) is 12.0 Å². The van der Waals surface area contributed by atoms with Gasteiger partial charge in [0.05, 0.1) is 6.07 Å². The summed E-state index contributed by atoms with van der Waals surface area (Å²) in [6.07, 6.45) is 5.40. The maximum atomic E-state index is 12.5. The van der Waals surface area contributed by atoms with E-state index in [0.29, 0.717) is 5.92 Å². The summed E-state index contributed by atoms with van der Waals surface area (Å²) >= 11 is 0. The highest BCUT2D eigenvalue weighted by atomic mass is 16.1. The van der Waals surface area contributed by atoms with Gasteiger partial charge in [0.1, 0.15) is 5.92 Å². The Morgan fingerprint density at radius 1 is 1.10 bits per heavy atom. The van der Waals surface area contributed by atoms with Gasteiger partial charge in [-0.3, -0.25) is 4.79 Å². The van der Waals surface area contributed by atoms with E-state index in [4.69, 9.17) is 0 Å². The fourth-order valence-corrected chi connectivity index (χ4v) is 3.00. The van der Waals surface area contributed by atoms with Crippen LogP contribution >= 0.6 is 0 Å². The Balaban J connectivity index is 2.15. The molecule has 2 nitrogen and oxygen atoms in total. The molecule has 1 aromatic carbocycles. The predicted octanol–water partition coefficient (Wildman–Crippen LogP) is 4.57. The Morgan fingerprint density at radius 2 is 1.65 bits per heavy atom. The molecule has 1 aliphatic carbocycles. The summed E-state index contributed by atoms with van der Waals surface area (Å²) in [7, 11) is 0. The minimum atomic E-state index is -0.584. The van der Waals surface area contributed by atoms with Gasteiger partial charge in [-0.15, -0.1) is 0 Å². The monoisotopic (exact) mass is 269 g/mol. The molecule has 2 rings (SSSR count). The number of nitriles is 1. The van der Waals surface area contributed by atoms with Crippen molar-refractivity contribution in [1.82, 2.24) is 0 Å². The van der Waals surface area contributed by atoms with Gasteiger partial charge in [-0.1, -0.05) is 57.4 Å². The molecule has 0 amide bonds. The molecular formula is C18H23NO. The summed E-state index contributed by atoms with van der Waals surface area (Å²) in [6, 6.07) is 10.2. The van der Waals surface area contributed by atoms with Crippen molar-refractivity contribution >= 4 is 5.78 Å². The molecule has 0 aliphatic heterocycles. The second-order valence-corrected chi connectivity index (χ2v) is 6.12. The summed E-state index contributed by atoms with van der Waals surface area (Å²) in [4.78, 5) is 12.5. The van der Waals surface area contributed by atoms with E-state index in [-0.39, 0.29) is 11.7 Å².